The first-order valence-electron chi connectivity index (χ1n) is 7.16. The number of benzene rings is 1. The Bertz CT molecular complexity index is 678. The molecule has 6 heteroatoms. The molecule has 1 N–H and O–H groups in total. The molecule has 0 spiro atoms. The van der Waals surface area contributed by atoms with Crippen molar-refractivity contribution in [2.75, 3.05) is 27.4 Å². The number of nitrogens with zero attached hydrogens (tertiary/aromatic N) is 2. The van der Waals surface area contributed by atoms with Crippen molar-refractivity contribution >= 4 is 5.91 Å². The number of fused-ring (bicyclic) bond motifs is 1. The quantitative estimate of drug-likeness (QED) is 0.916. The molecule has 1 atom stereocenters. The molecule has 1 unspecified atom stereocenters. The lowest BCUT2D eigenvalue weighted by atomic mass is 9.99. The lowest BCUT2D eigenvalue weighted by molar-refractivity contribution is 0.0677. The number of ether oxygens (including phenoxy) is 2. The van der Waals surface area contributed by atoms with Gasteiger partial charge in [0.25, 0.3) is 5.91 Å². The number of amides is 1. The standard InChI is InChI=1S/C16H19N3O3/c1-10-13-14(18-17-10)16(20)19(8-9-21-2)15(13)11-4-6-12(22-3)7-5-11/h4-7,15H,8-9H2,1-3H3,(H,17,18). The van der Waals surface area contributed by atoms with Gasteiger partial charge in [-0.15, -0.1) is 0 Å². The SMILES string of the molecule is COCCN1C(=O)c2n[nH]c(C)c2C1c1ccc(OC)cc1. The summed E-state index contributed by atoms with van der Waals surface area (Å²) in [6, 6.07) is 7.64. The van der Waals surface area contributed by atoms with Gasteiger partial charge in [0, 0.05) is 24.9 Å². The van der Waals surface area contributed by atoms with Crippen molar-refractivity contribution in [1.82, 2.24) is 15.1 Å². The van der Waals surface area contributed by atoms with E-state index in [0.29, 0.717) is 18.8 Å². The third-order valence-electron chi connectivity index (χ3n) is 4.01. The monoisotopic (exact) mass is 301 g/mol. The Morgan fingerprint density at radius 2 is 2.00 bits per heavy atom. The summed E-state index contributed by atoms with van der Waals surface area (Å²) in [6.45, 7) is 2.96. The molecule has 2 aromatic rings. The molecule has 1 aromatic heterocycles. The van der Waals surface area contributed by atoms with Crippen molar-refractivity contribution in [2.45, 2.75) is 13.0 Å². The van der Waals surface area contributed by atoms with Gasteiger partial charge in [-0.05, 0) is 24.6 Å². The minimum Gasteiger partial charge on any atom is -0.497 e. The van der Waals surface area contributed by atoms with E-state index in [4.69, 9.17) is 9.47 Å². The number of rotatable bonds is 5. The van der Waals surface area contributed by atoms with E-state index in [1.54, 1.807) is 14.2 Å². The maximum absolute atomic E-state index is 12.6. The van der Waals surface area contributed by atoms with Gasteiger partial charge in [-0.3, -0.25) is 9.89 Å². The van der Waals surface area contributed by atoms with Crippen LogP contribution in [0.2, 0.25) is 0 Å². The number of aryl methyl sites for hydroxylation is 1. The van der Waals surface area contributed by atoms with Gasteiger partial charge in [-0.25, -0.2) is 0 Å². The average Bonchev–Trinajstić information content (AvgIpc) is 3.05. The Kier molecular flexibility index (Phi) is 3.85. The lowest BCUT2D eigenvalue weighted by Gasteiger charge is -2.26. The number of H-pyrrole nitrogens is 1. The molecule has 0 bridgehead atoms. The summed E-state index contributed by atoms with van der Waals surface area (Å²) in [5.41, 5.74) is 3.42. The van der Waals surface area contributed by atoms with E-state index in [0.717, 1.165) is 22.6 Å². The second-order valence-electron chi connectivity index (χ2n) is 5.28. The zero-order chi connectivity index (χ0) is 15.7. The Labute approximate surface area is 129 Å². The molecule has 1 amide bonds. The van der Waals surface area contributed by atoms with E-state index in [-0.39, 0.29) is 11.9 Å². The van der Waals surface area contributed by atoms with Crippen molar-refractivity contribution in [3.05, 3.63) is 46.8 Å². The maximum Gasteiger partial charge on any atom is 0.275 e. The van der Waals surface area contributed by atoms with Crippen LogP contribution in [0.4, 0.5) is 0 Å². The van der Waals surface area contributed by atoms with Crippen molar-refractivity contribution in [3.63, 3.8) is 0 Å². The van der Waals surface area contributed by atoms with Gasteiger partial charge in [-0.1, -0.05) is 12.1 Å². The van der Waals surface area contributed by atoms with Crippen LogP contribution in [0.5, 0.6) is 5.75 Å². The highest BCUT2D eigenvalue weighted by Crippen LogP contribution is 2.39. The van der Waals surface area contributed by atoms with Crippen LogP contribution in [0.1, 0.15) is 33.4 Å². The highest BCUT2D eigenvalue weighted by Gasteiger charge is 2.41. The van der Waals surface area contributed by atoms with Gasteiger partial charge in [0.05, 0.1) is 19.8 Å². The first-order chi connectivity index (χ1) is 10.7. The van der Waals surface area contributed by atoms with E-state index in [9.17, 15) is 4.79 Å². The van der Waals surface area contributed by atoms with Crippen molar-refractivity contribution in [1.29, 1.82) is 0 Å². The summed E-state index contributed by atoms with van der Waals surface area (Å²) in [5, 5.41) is 7.08. The Balaban J connectivity index is 2.02. The Morgan fingerprint density at radius 3 is 2.64 bits per heavy atom. The number of aromatic amines is 1. The molecule has 1 aliphatic rings. The van der Waals surface area contributed by atoms with Gasteiger partial charge in [0.2, 0.25) is 0 Å². The number of hydrogen-bond donors (Lipinski definition) is 1. The number of carbonyl (C=O) groups excluding carboxylic acids is 1. The molecule has 1 aromatic carbocycles. The zero-order valence-electron chi connectivity index (χ0n) is 12.9. The fourth-order valence-corrected chi connectivity index (χ4v) is 2.90. The summed E-state index contributed by atoms with van der Waals surface area (Å²) in [6.07, 6.45) is 0. The van der Waals surface area contributed by atoms with Crippen LogP contribution in [0, 0.1) is 6.92 Å². The molecule has 0 saturated heterocycles. The van der Waals surface area contributed by atoms with Gasteiger partial charge in [-0.2, -0.15) is 5.10 Å². The summed E-state index contributed by atoms with van der Waals surface area (Å²) in [5.74, 6) is 0.734. The zero-order valence-corrected chi connectivity index (χ0v) is 12.9. The molecule has 116 valence electrons. The second-order valence-corrected chi connectivity index (χ2v) is 5.28. The molecule has 1 aliphatic heterocycles. The Hall–Kier alpha value is -2.34. The van der Waals surface area contributed by atoms with Gasteiger partial charge in [0.1, 0.15) is 5.75 Å². The number of aromatic nitrogens is 2. The molecule has 0 radical (unpaired) electrons. The smallest absolute Gasteiger partial charge is 0.275 e. The fraction of sp³-hybridized carbons (Fsp3) is 0.375. The molecule has 0 aliphatic carbocycles. The summed E-state index contributed by atoms with van der Waals surface area (Å²) < 4.78 is 10.3. The third kappa shape index (κ3) is 2.25. The molecule has 0 fully saturated rings. The van der Waals surface area contributed by atoms with E-state index in [2.05, 4.69) is 10.2 Å². The molecular formula is C16H19N3O3. The minimum absolute atomic E-state index is 0.0581. The molecular weight excluding hydrogens is 282 g/mol. The van der Waals surface area contributed by atoms with Gasteiger partial charge < -0.3 is 14.4 Å². The lowest BCUT2D eigenvalue weighted by Crippen LogP contribution is -2.32. The molecule has 2 heterocycles. The van der Waals surface area contributed by atoms with E-state index in [1.165, 1.54) is 0 Å². The van der Waals surface area contributed by atoms with Crippen LogP contribution in [0.3, 0.4) is 0 Å². The van der Waals surface area contributed by atoms with Crippen molar-refractivity contribution in [2.24, 2.45) is 0 Å². The topological polar surface area (TPSA) is 67.5 Å². The first-order valence-corrected chi connectivity index (χ1v) is 7.16. The number of carbonyl (C=O) groups is 1. The van der Waals surface area contributed by atoms with Crippen LogP contribution in [0.15, 0.2) is 24.3 Å². The predicted octanol–water partition coefficient (Wildman–Crippen LogP) is 1.92. The highest BCUT2D eigenvalue weighted by molar-refractivity contribution is 5.98. The van der Waals surface area contributed by atoms with Crippen molar-refractivity contribution in [3.8, 4) is 5.75 Å². The maximum atomic E-state index is 12.6. The van der Waals surface area contributed by atoms with E-state index < -0.39 is 0 Å². The normalized spacial score (nSPS) is 17.0. The van der Waals surface area contributed by atoms with Gasteiger partial charge >= 0.3 is 0 Å². The summed E-state index contributed by atoms with van der Waals surface area (Å²) in [7, 11) is 3.27. The molecule has 0 saturated carbocycles. The fourth-order valence-electron chi connectivity index (χ4n) is 2.90. The number of methoxy groups -OCH3 is 2. The summed E-state index contributed by atoms with van der Waals surface area (Å²) >= 11 is 0. The van der Waals surface area contributed by atoms with E-state index >= 15 is 0 Å². The summed E-state index contributed by atoms with van der Waals surface area (Å²) in [4.78, 5) is 14.4. The van der Waals surface area contributed by atoms with Gasteiger partial charge in [0.15, 0.2) is 5.69 Å². The second kappa shape index (κ2) is 5.81. The molecule has 22 heavy (non-hydrogen) atoms. The molecule has 3 rings (SSSR count). The number of nitrogens with one attached hydrogen (secondary N) is 1. The molecule has 6 nitrogen and oxygen atoms in total. The Morgan fingerprint density at radius 1 is 1.27 bits per heavy atom. The first kappa shape index (κ1) is 14.6. The highest BCUT2D eigenvalue weighted by atomic mass is 16.5. The average molecular weight is 301 g/mol. The predicted molar refractivity (Wildman–Crippen MR) is 81.1 cm³/mol. The van der Waals surface area contributed by atoms with Crippen LogP contribution in [0.25, 0.3) is 0 Å². The van der Waals surface area contributed by atoms with Crippen molar-refractivity contribution < 1.29 is 14.3 Å². The third-order valence-corrected chi connectivity index (χ3v) is 4.01. The van der Waals surface area contributed by atoms with E-state index in [1.807, 2.05) is 36.1 Å². The number of hydrogen-bond acceptors (Lipinski definition) is 4. The van der Waals surface area contributed by atoms with Crippen LogP contribution < -0.4 is 4.74 Å². The largest absolute Gasteiger partial charge is 0.497 e. The van der Waals surface area contributed by atoms with Crippen LogP contribution in [-0.4, -0.2) is 48.4 Å². The van der Waals surface area contributed by atoms with Crippen LogP contribution in [-0.2, 0) is 4.74 Å². The van der Waals surface area contributed by atoms with Crippen LogP contribution >= 0.6 is 0 Å². The minimum atomic E-state index is -0.137.